The lowest BCUT2D eigenvalue weighted by molar-refractivity contribution is -0.0568. The van der Waals surface area contributed by atoms with E-state index in [9.17, 15) is 14.8 Å². The first-order valence-electron chi connectivity index (χ1n) is 4.13. The maximum Gasteiger partial charge on any atom is 0.384 e. The molecule has 0 spiro atoms. The summed E-state index contributed by atoms with van der Waals surface area (Å²) >= 11 is 0.189. The van der Waals surface area contributed by atoms with Crippen molar-refractivity contribution in [1.29, 1.82) is 0 Å². The van der Waals surface area contributed by atoms with Crippen LogP contribution in [0.1, 0.15) is 6.42 Å². The molecule has 6 N–H and O–H groups in total. The van der Waals surface area contributed by atoms with Crippen LogP contribution in [0.5, 0.6) is 0 Å². The highest BCUT2D eigenvalue weighted by atomic mass is 32.7. The van der Waals surface area contributed by atoms with E-state index >= 15 is 0 Å². The minimum absolute atomic E-state index is 0.112. The Labute approximate surface area is 90.7 Å². The molecule has 0 aromatic carbocycles. The Bertz CT molecular complexity index is 220. The molecule has 9 heteroatoms. The summed E-state index contributed by atoms with van der Waals surface area (Å²) in [5, 5.41) is 36.0. The largest absolute Gasteiger partial charge is 0.396 e. The van der Waals surface area contributed by atoms with Crippen molar-refractivity contribution in [2.75, 3.05) is 12.4 Å². The molecular formula is C6H15O7PS. The Morgan fingerprint density at radius 3 is 2.07 bits per heavy atom. The highest BCUT2D eigenvalue weighted by Gasteiger charge is 2.26. The van der Waals surface area contributed by atoms with Crippen molar-refractivity contribution in [1.82, 2.24) is 0 Å². The molecule has 0 fully saturated rings. The van der Waals surface area contributed by atoms with Gasteiger partial charge >= 0.3 is 6.80 Å². The summed E-state index contributed by atoms with van der Waals surface area (Å²) in [6.45, 7) is -4.64. The van der Waals surface area contributed by atoms with E-state index in [4.69, 9.17) is 20.0 Å². The summed E-state index contributed by atoms with van der Waals surface area (Å²) in [7, 11) is 0. The van der Waals surface area contributed by atoms with Crippen molar-refractivity contribution in [3.63, 3.8) is 0 Å². The Hall–Kier alpha value is 0.340. The maximum atomic E-state index is 10.4. The average molecular weight is 262 g/mol. The van der Waals surface area contributed by atoms with Gasteiger partial charge in [0.25, 0.3) is 0 Å². The van der Waals surface area contributed by atoms with E-state index in [-0.39, 0.29) is 24.4 Å². The highest BCUT2D eigenvalue weighted by Crippen LogP contribution is 2.50. The van der Waals surface area contributed by atoms with E-state index in [1.165, 1.54) is 0 Å². The van der Waals surface area contributed by atoms with Crippen LogP contribution in [-0.4, -0.2) is 60.9 Å². The SMILES string of the molecule is O=P(O)(O)SCC(O)[C@@H](O)[C@H](O)CCO. The summed E-state index contributed by atoms with van der Waals surface area (Å²) in [6.07, 6.45) is -4.42. The molecule has 3 atom stereocenters. The lowest BCUT2D eigenvalue weighted by Gasteiger charge is -2.22. The summed E-state index contributed by atoms with van der Waals surface area (Å²) in [4.78, 5) is 16.9. The van der Waals surface area contributed by atoms with Crippen molar-refractivity contribution in [3.05, 3.63) is 0 Å². The van der Waals surface area contributed by atoms with Crippen molar-refractivity contribution in [3.8, 4) is 0 Å². The zero-order chi connectivity index (χ0) is 12.1. The first kappa shape index (κ1) is 15.3. The van der Waals surface area contributed by atoms with Crippen LogP contribution >= 0.6 is 18.2 Å². The second-order valence-corrected chi connectivity index (χ2v) is 6.70. The third-order valence-electron chi connectivity index (χ3n) is 1.63. The Morgan fingerprint density at radius 1 is 1.13 bits per heavy atom. The first-order valence-corrected chi connectivity index (χ1v) is 7.33. The van der Waals surface area contributed by atoms with E-state index in [1.807, 2.05) is 0 Å². The number of hydrogen-bond acceptors (Lipinski definition) is 6. The van der Waals surface area contributed by atoms with Crippen LogP contribution in [-0.2, 0) is 4.57 Å². The van der Waals surface area contributed by atoms with Gasteiger partial charge in [-0.1, -0.05) is 0 Å². The lowest BCUT2D eigenvalue weighted by Crippen LogP contribution is -2.39. The molecule has 1 unspecified atom stereocenters. The lowest BCUT2D eigenvalue weighted by atomic mass is 10.1. The molecule has 0 saturated heterocycles. The number of aliphatic hydroxyl groups is 4. The zero-order valence-corrected chi connectivity index (χ0v) is 9.51. The third kappa shape index (κ3) is 7.26. The molecule has 0 bridgehead atoms. The summed E-state index contributed by atoms with van der Waals surface area (Å²) in [5.41, 5.74) is 0. The molecule has 0 amide bonds. The molecule has 0 radical (unpaired) electrons. The number of aliphatic hydroxyl groups excluding tert-OH is 4. The highest BCUT2D eigenvalue weighted by molar-refractivity contribution is 8.54. The van der Waals surface area contributed by atoms with Gasteiger partial charge < -0.3 is 30.2 Å². The Balaban J connectivity index is 3.98. The third-order valence-corrected chi connectivity index (χ3v) is 3.91. The van der Waals surface area contributed by atoms with Gasteiger partial charge in [-0.25, -0.2) is 4.57 Å². The van der Waals surface area contributed by atoms with Crippen molar-refractivity contribution in [2.24, 2.45) is 0 Å². The fourth-order valence-electron chi connectivity index (χ4n) is 0.832. The molecule has 0 aromatic heterocycles. The van der Waals surface area contributed by atoms with Crippen molar-refractivity contribution in [2.45, 2.75) is 24.7 Å². The monoisotopic (exact) mass is 262 g/mol. The molecule has 0 heterocycles. The molecule has 0 aliphatic heterocycles. The van der Waals surface area contributed by atoms with E-state index < -0.39 is 30.9 Å². The number of hydrogen-bond donors (Lipinski definition) is 6. The van der Waals surface area contributed by atoms with Gasteiger partial charge in [0.1, 0.15) is 6.10 Å². The summed E-state index contributed by atoms with van der Waals surface area (Å²) in [5.74, 6) is -0.395. The minimum atomic E-state index is -4.29. The van der Waals surface area contributed by atoms with Gasteiger partial charge in [-0.05, 0) is 17.8 Å². The van der Waals surface area contributed by atoms with Crippen LogP contribution in [0.2, 0.25) is 0 Å². The van der Waals surface area contributed by atoms with Gasteiger partial charge in [-0.3, -0.25) is 0 Å². The normalized spacial score (nSPS) is 18.5. The van der Waals surface area contributed by atoms with E-state index in [1.54, 1.807) is 0 Å². The summed E-state index contributed by atoms with van der Waals surface area (Å²) < 4.78 is 10.4. The standard InChI is InChI=1S/C6H15O7PS/c7-2-1-4(8)6(10)5(9)3-15-14(11,12)13/h4-10H,1-3H2,(H2,11,12,13)/t4-,5?,6+/m1/s1. The fraction of sp³-hybridized carbons (Fsp3) is 1.00. The topological polar surface area (TPSA) is 138 Å². The second-order valence-electron chi connectivity index (χ2n) is 2.92. The van der Waals surface area contributed by atoms with Crippen LogP contribution in [0, 0.1) is 0 Å². The summed E-state index contributed by atoms with van der Waals surface area (Å²) in [6, 6.07) is 0. The Morgan fingerprint density at radius 2 is 1.67 bits per heavy atom. The smallest absolute Gasteiger partial charge is 0.384 e. The fourth-order valence-corrected chi connectivity index (χ4v) is 2.42. The molecule has 15 heavy (non-hydrogen) atoms. The zero-order valence-electron chi connectivity index (χ0n) is 7.80. The molecule has 7 nitrogen and oxygen atoms in total. The van der Waals surface area contributed by atoms with E-state index in [2.05, 4.69) is 0 Å². The van der Waals surface area contributed by atoms with Crippen molar-refractivity contribution < 1.29 is 34.8 Å². The van der Waals surface area contributed by atoms with E-state index in [0.29, 0.717) is 0 Å². The van der Waals surface area contributed by atoms with Gasteiger partial charge in [0, 0.05) is 12.4 Å². The molecule has 92 valence electrons. The van der Waals surface area contributed by atoms with Crippen LogP contribution in [0.15, 0.2) is 0 Å². The van der Waals surface area contributed by atoms with Crippen molar-refractivity contribution >= 4 is 18.2 Å². The molecule has 0 saturated carbocycles. The molecule has 0 aliphatic rings. The van der Waals surface area contributed by atoms with Gasteiger partial charge in [-0.15, -0.1) is 0 Å². The van der Waals surface area contributed by atoms with Gasteiger partial charge in [0.15, 0.2) is 0 Å². The predicted octanol–water partition coefficient (Wildman–Crippen LogP) is -1.72. The first-order chi connectivity index (χ1) is 6.78. The quantitative estimate of drug-likeness (QED) is 0.298. The second kappa shape index (κ2) is 6.82. The maximum absolute atomic E-state index is 10.4. The average Bonchev–Trinajstić information content (AvgIpc) is 2.12. The Kier molecular flexibility index (Phi) is 6.98. The number of rotatable bonds is 7. The van der Waals surface area contributed by atoms with Crippen LogP contribution in [0.25, 0.3) is 0 Å². The van der Waals surface area contributed by atoms with Gasteiger partial charge in [0.05, 0.1) is 12.2 Å². The minimum Gasteiger partial charge on any atom is -0.396 e. The van der Waals surface area contributed by atoms with Gasteiger partial charge in [0.2, 0.25) is 0 Å². The molecular weight excluding hydrogens is 247 g/mol. The van der Waals surface area contributed by atoms with E-state index in [0.717, 1.165) is 0 Å². The van der Waals surface area contributed by atoms with Gasteiger partial charge in [-0.2, -0.15) is 0 Å². The van der Waals surface area contributed by atoms with Crippen LogP contribution in [0.3, 0.4) is 0 Å². The molecule has 0 aliphatic carbocycles. The molecule has 0 rings (SSSR count). The van der Waals surface area contributed by atoms with Crippen LogP contribution in [0.4, 0.5) is 0 Å². The predicted molar refractivity (Wildman–Crippen MR) is 54.2 cm³/mol. The van der Waals surface area contributed by atoms with Crippen LogP contribution < -0.4 is 0 Å². The molecule has 0 aromatic rings.